The minimum Gasteiger partial charge on any atom is -0.484 e. The molecular weight excluding hydrogens is 535 g/mol. The molecule has 10 heteroatoms. The molecule has 0 radical (unpaired) electrons. The molecule has 0 unspecified atom stereocenters. The molecule has 1 fully saturated rings. The number of hydrogen-bond donors (Lipinski definition) is 3. The molecule has 2 atom stereocenters. The average molecular weight is 575 g/mol. The van der Waals surface area contributed by atoms with Gasteiger partial charge in [-0.2, -0.15) is 5.10 Å². The molecule has 0 bridgehead atoms. The van der Waals surface area contributed by atoms with Gasteiger partial charge in [0.05, 0.1) is 11.6 Å². The summed E-state index contributed by atoms with van der Waals surface area (Å²) in [7, 11) is 1.76. The summed E-state index contributed by atoms with van der Waals surface area (Å²) in [5.74, 6) is 2.58. The zero-order valence-electron chi connectivity index (χ0n) is 24.8. The van der Waals surface area contributed by atoms with Gasteiger partial charge in [-0.1, -0.05) is 31.9 Å². The number of terminal acetylenes is 1. The molecule has 42 heavy (non-hydrogen) atoms. The third-order valence-corrected chi connectivity index (χ3v) is 7.16. The normalized spacial score (nSPS) is 16.1. The molecule has 3 N–H and O–H groups in total. The lowest BCUT2D eigenvalue weighted by molar-refractivity contribution is 0.0928. The van der Waals surface area contributed by atoms with Crippen LogP contribution in [-0.2, 0) is 7.05 Å². The fourth-order valence-electron chi connectivity index (χ4n) is 4.75. The molecule has 9 nitrogen and oxygen atoms in total. The van der Waals surface area contributed by atoms with Crippen LogP contribution in [0.25, 0.3) is 0 Å². The topological polar surface area (TPSA) is 101 Å². The highest BCUT2D eigenvalue weighted by Crippen LogP contribution is 2.31. The minimum absolute atomic E-state index is 0.106. The number of anilines is 1. The predicted molar refractivity (Wildman–Crippen MR) is 161 cm³/mol. The van der Waals surface area contributed by atoms with Gasteiger partial charge in [0.25, 0.3) is 11.8 Å². The number of nitrogens with one attached hydrogen (secondary N) is 3. The van der Waals surface area contributed by atoms with Crippen molar-refractivity contribution in [2.45, 2.75) is 39.8 Å². The van der Waals surface area contributed by atoms with Crippen LogP contribution in [-0.4, -0.2) is 65.3 Å². The summed E-state index contributed by atoms with van der Waals surface area (Å²) in [5, 5.41) is 13.2. The Bertz CT molecular complexity index is 1480. The van der Waals surface area contributed by atoms with E-state index in [0.29, 0.717) is 60.0 Å². The Morgan fingerprint density at radius 3 is 2.62 bits per heavy atom. The highest BCUT2D eigenvalue weighted by atomic mass is 19.1. The van der Waals surface area contributed by atoms with Gasteiger partial charge in [-0.3, -0.25) is 19.2 Å². The van der Waals surface area contributed by atoms with Crippen LogP contribution < -0.4 is 20.7 Å². The van der Waals surface area contributed by atoms with Crippen molar-refractivity contribution < 1.29 is 18.7 Å². The van der Waals surface area contributed by atoms with Gasteiger partial charge in [0.15, 0.2) is 5.82 Å². The Labute approximate surface area is 246 Å². The third kappa shape index (κ3) is 7.75. The van der Waals surface area contributed by atoms with Gasteiger partial charge < -0.3 is 20.7 Å². The van der Waals surface area contributed by atoms with E-state index >= 15 is 0 Å². The first-order valence-electron chi connectivity index (χ1n) is 14.1. The Balaban J connectivity index is 1.71. The van der Waals surface area contributed by atoms with E-state index in [-0.39, 0.29) is 29.2 Å². The van der Waals surface area contributed by atoms with Gasteiger partial charge >= 0.3 is 0 Å². The SMILES string of the molecule is C#C[C@@H]1CN(C[C@@H](Oc2cc(C)c(C(=O)Nc3ccn(C)n3)cc2C(=O)NCC(C)C)c2ccc(C)c(F)c2)CCN1. The molecule has 0 aliphatic carbocycles. The van der Waals surface area contributed by atoms with E-state index in [1.54, 1.807) is 56.0 Å². The summed E-state index contributed by atoms with van der Waals surface area (Å²) in [4.78, 5) is 28.9. The van der Waals surface area contributed by atoms with Crippen molar-refractivity contribution >= 4 is 17.6 Å². The number of hydrogen-bond acceptors (Lipinski definition) is 6. The van der Waals surface area contributed by atoms with Crippen molar-refractivity contribution in [1.29, 1.82) is 0 Å². The van der Waals surface area contributed by atoms with Crippen LogP contribution in [0.3, 0.4) is 0 Å². The fourth-order valence-corrected chi connectivity index (χ4v) is 4.75. The zero-order chi connectivity index (χ0) is 30.4. The highest BCUT2D eigenvalue weighted by molar-refractivity contribution is 6.07. The summed E-state index contributed by atoms with van der Waals surface area (Å²) in [5.41, 5.74) is 2.31. The highest BCUT2D eigenvalue weighted by Gasteiger charge is 2.27. The number of halogens is 1. The molecule has 2 aromatic carbocycles. The molecule has 2 heterocycles. The predicted octanol–water partition coefficient (Wildman–Crippen LogP) is 3.84. The smallest absolute Gasteiger partial charge is 0.257 e. The Kier molecular flexibility index (Phi) is 9.99. The fraction of sp³-hybridized carbons (Fsp3) is 0.406. The summed E-state index contributed by atoms with van der Waals surface area (Å²) < 4.78 is 22.9. The lowest BCUT2D eigenvalue weighted by Crippen LogP contribution is -2.51. The maximum absolute atomic E-state index is 14.7. The second-order valence-electron chi connectivity index (χ2n) is 11.1. The van der Waals surface area contributed by atoms with E-state index < -0.39 is 12.0 Å². The zero-order valence-corrected chi connectivity index (χ0v) is 24.8. The van der Waals surface area contributed by atoms with Gasteiger partial charge in [0.2, 0.25) is 0 Å². The third-order valence-electron chi connectivity index (χ3n) is 7.16. The summed E-state index contributed by atoms with van der Waals surface area (Å²) in [6, 6.07) is 9.85. The van der Waals surface area contributed by atoms with Crippen LogP contribution in [0.2, 0.25) is 0 Å². The van der Waals surface area contributed by atoms with Gasteiger partial charge in [-0.25, -0.2) is 4.39 Å². The molecule has 1 aliphatic rings. The molecule has 1 aromatic heterocycles. The first kappa shape index (κ1) is 30.8. The van der Waals surface area contributed by atoms with Crippen molar-refractivity contribution in [3.05, 3.63) is 76.2 Å². The van der Waals surface area contributed by atoms with E-state index in [2.05, 4.69) is 31.9 Å². The standard InChI is InChI=1S/C32H39FN6O3/c1-7-24-18-39(13-11-34-24)19-29(23-9-8-21(4)27(33)15-23)42-28-14-22(5)25(16-26(28)31(40)35-17-20(2)3)32(41)36-30-10-12-38(6)37-30/h1,8-10,12,14-16,20,24,29,34H,11,13,17-19H2,2-6H3,(H,35,40)(H,36,37,41)/t24-,29-/m1/s1. The Morgan fingerprint density at radius 2 is 1.95 bits per heavy atom. The molecule has 2 amide bonds. The van der Waals surface area contributed by atoms with Crippen LogP contribution in [0.1, 0.15) is 57.4 Å². The van der Waals surface area contributed by atoms with Crippen LogP contribution in [0, 0.1) is 37.9 Å². The molecule has 0 spiro atoms. The average Bonchev–Trinajstić information content (AvgIpc) is 3.37. The number of carbonyl (C=O) groups excluding carboxylic acids is 2. The van der Waals surface area contributed by atoms with Crippen LogP contribution in [0.5, 0.6) is 5.75 Å². The van der Waals surface area contributed by atoms with E-state index in [1.165, 1.54) is 6.07 Å². The summed E-state index contributed by atoms with van der Waals surface area (Å²) >= 11 is 0. The van der Waals surface area contributed by atoms with Gasteiger partial charge in [-0.15, -0.1) is 6.42 Å². The number of ether oxygens (including phenoxy) is 1. The van der Waals surface area contributed by atoms with Crippen LogP contribution >= 0.6 is 0 Å². The molecule has 222 valence electrons. The lowest BCUT2D eigenvalue weighted by atomic mass is 10.0. The van der Waals surface area contributed by atoms with Crippen molar-refractivity contribution in [2.24, 2.45) is 13.0 Å². The van der Waals surface area contributed by atoms with Crippen LogP contribution in [0.15, 0.2) is 42.6 Å². The molecule has 0 saturated carbocycles. The van der Waals surface area contributed by atoms with E-state index in [0.717, 1.165) is 6.54 Å². The Morgan fingerprint density at radius 1 is 1.17 bits per heavy atom. The number of nitrogens with zero attached hydrogens (tertiary/aromatic N) is 3. The first-order chi connectivity index (χ1) is 20.0. The maximum atomic E-state index is 14.7. The van der Waals surface area contributed by atoms with Crippen molar-refractivity contribution in [3.63, 3.8) is 0 Å². The number of aromatic nitrogens is 2. The summed E-state index contributed by atoms with van der Waals surface area (Å²) in [6.45, 7) is 10.4. The second kappa shape index (κ2) is 13.6. The molecular formula is C32H39FN6O3. The lowest BCUT2D eigenvalue weighted by Gasteiger charge is -2.34. The molecule has 1 saturated heterocycles. The first-order valence-corrected chi connectivity index (χ1v) is 14.1. The number of rotatable bonds is 10. The Hall–Kier alpha value is -4.20. The van der Waals surface area contributed by atoms with E-state index in [1.807, 2.05) is 19.9 Å². The summed E-state index contributed by atoms with van der Waals surface area (Å²) in [6.07, 6.45) is 6.79. The van der Waals surface area contributed by atoms with E-state index in [9.17, 15) is 14.0 Å². The largest absolute Gasteiger partial charge is 0.484 e. The maximum Gasteiger partial charge on any atom is 0.257 e. The molecule has 4 rings (SSSR count). The molecule has 3 aromatic rings. The monoisotopic (exact) mass is 574 g/mol. The minimum atomic E-state index is -0.610. The van der Waals surface area contributed by atoms with Crippen molar-refractivity contribution in [2.75, 3.05) is 38.0 Å². The number of benzene rings is 2. The van der Waals surface area contributed by atoms with Gasteiger partial charge in [0, 0.05) is 57.6 Å². The number of piperazine rings is 1. The number of aryl methyl sites for hydroxylation is 3. The quantitative estimate of drug-likeness (QED) is 0.318. The van der Waals surface area contributed by atoms with Crippen molar-refractivity contribution in [1.82, 2.24) is 25.3 Å². The van der Waals surface area contributed by atoms with E-state index in [4.69, 9.17) is 11.2 Å². The van der Waals surface area contributed by atoms with Crippen molar-refractivity contribution in [3.8, 4) is 18.1 Å². The number of carbonyl (C=O) groups is 2. The van der Waals surface area contributed by atoms with Gasteiger partial charge in [0.1, 0.15) is 17.7 Å². The van der Waals surface area contributed by atoms with Gasteiger partial charge in [-0.05, 0) is 54.7 Å². The molecule has 1 aliphatic heterocycles. The van der Waals surface area contributed by atoms with Crippen LogP contribution in [0.4, 0.5) is 10.2 Å². The number of amides is 2. The second-order valence-corrected chi connectivity index (χ2v) is 11.1.